The maximum Gasteiger partial charge on any atom is 1.00 e. The van der Waals surface area contributed by atoms with Crippen LogP contribution in [-0.4, -0.2) is 42.4 Å². The zero-order valence-electron chi connectivity index (χ0n) is 7.82. The number of aliphatic carboxylic acids is 3. The van der Waals surface area contributed by atoms with Crippen molar-refractivity contribution in [3.63, 3.8) is 0 Å². The fourth-order valence-electron chi connectivity index (χ4n) is 0.715. The Bertz CT molecular complexity index is 198. The van der Waals surface area contributed by atoms with Crippen LogP contribution in [-0.2, 0) is 31.5 Å². The van der Waals surface area contributed by atoms with Gasteiger partial charge in [-0.15, -0.1) is 0 Å². The van der Waals surface area contributed by atoms with Crippen LogP contribution in [0.2, 0.25) is 0 Å². The van der Waals surface area contributed by atoms with Crippen LogP contribution in [0.3, 0.4) is 0 Å². The molecule has 9 heteroatoms. The molecule has 84 valence electrons. The van der Waals surface area contributed by atoms with Crippen molar-refractivity contribution in [2.24, 2.45) is 0 Å². The molecular formula is C6H6CuNNaO6-. The van der Waals surface area contributed by atoms with Crippen molar-refractivity contribution in [2.75, 3.05) is 19.6 Å². The minimum Gasteiger partial charge on any atom is -0.549 e. The number of hydrogen-bond acceptors (Lipinski definition) is 7. The molecule has 15 heavy (non-hydrogen) atoms. The van der Waals surface area contributed by atoms with Gasteiger partial charge in [-0.1, -0.05) is 0 Å². The van der Waals surface area contributed by atoms with Gasteiger partial charge in [-0.05, 0) is 0 Å². The molecule has 0 heterocycles. The van der Waals surface area contributed by atoms with Crippen LogP contribution in [0.25, 0.3) is 0 Å². The zero-order chi connectivity index (χ0) is 10.4. The first kappa shape index (κ1) is 20.3. The quantitative estimate of drug-likeness (QED) is 0.441. The molecule has 0 saturated carbocycles. The van der Waals surface area contributed by atoms with E-state index >= 15 is 0 Å². The molecule has 0 bridgehead atoms. The van der Waals surface area contributed by atoms with Crippen molar-refractivity contribution in [1.82, 2.24) is 4.90 Å². The number of rotatable bonds is 6. The van der Waals surface area contributed by atoms with Gasteiger partial charge in [0.2, 0.25) is 0 Å². The third-order valence-electron chi connectivity index (χ3n) is 1.06. The van der Waals surface area contributed by atoms with Gasteiger partial charge in [0.05, 0.1) is 17.9 Å². The molecule has 0 rings (SSSR count). The van der Waals surface area contributed by atoms with Crippen molar-refractivity contribution in [2.45, 2.75) is 0 Å². The summed E-state index contributed by atoms with van der Waals surface area (Å²) in [6, 6.07) is 0. The fraction of sp³-hybridized carbons (Fsp3) is 0.500. The minimum absolute atomic E-state index is 0. The predicted octanol–water partition coefficient (Wildman–Crippen LogP) is -8.46. The van der Waals surface area contributed by atoms with Crippen LogP contribution in [0.4, 0.5) is 0 Å². The molecule has 0 aromatic heterocycles. The average Bonchev–Trinajstić information content (AvgIpc) is 1.80. The van der Waals surface area contributed by atoms with E-state index in [0.29, 0.717) is 4.90 Å². The summed E-state index contributed by atoms with van der Waals surface area (Å²) in [7, 11) is 0. The second-order valence-electron chi connectivity index (χ2n) is 2.26. The van der Waals surface area contributed by atoms with Gasteiger partial charge in [0.1, 0.15) is 0 Å². The molecule has 0 atom stereocenters. The van der Waals surface area contributed by atoms with Gasteiger partial charge in [0.25, 0.3) is 0 Å². The summed E-state index contributed by atoms with van der Waals surface area (Å²) in [4.78, 5) is 30.6. The Morgan fingerprint density at radius 2 is 1.00 bits per heavy atom. The first-order chi connectivity index (χ1) is 5.91. The van der Waals surface area contributed by atoms with Crippen LogP contribution in [0.5, 0.6) is 0 Å². The van der Waals surface area contributed by atoms with E-state index in [1.165, 1.54) is 0 Å². The number of nitrogens with zero attached hydrogens (tertiary/aromatic N) is 1. The Hall–Kier alpha value is -0.111. The Balaban J connectivity index is -0.000000720. The van der Waals surface area contributed by atoms with E-state index in [1.807, 2.05) is 0 Å². The van der Waals surface area contributed by atoms with E-state index in [-0.39, 0.29) is 46.6 Å². The second kappa shape index (κ2) is 10.4. The van der Waals surface area contributed by atoms with Gasteiger partial charge >= 0.3 is 46.6 Å². The second-order valence-corrected chi connectivity index (χ2v) is 2.26. The molecule has 0 unspecified atom stereocenters. The normalized spacial score (nSPS) is 8.60. The van der Waals surface area contributed by atoms with Gasteiger partial charge in [-0.3, -0.25) is 4.90 Å². The van der Waals surface area contributed by atoms with Crippen molar-refractivity contribution >= 4 is 17.9 Å². The van der Waals surface area contributed by atoms with Crippen LogP contribution in [0.1, 0.15) is 0 Å². The largest absolute Gasteiger partial charge is 1.00 e. The van der Waals surface area contributed by atoms with Crippen LogP contribution >= 0.6 is 0 Å². The molecule has 0 saturated heterocycles. The Kier molecular flexibility index (Phi) is 14.1. The first-order valence-corrected chi connectivity index (χ1v) is 3.23. The van der Waals surface area contributed by atoms with Gasteiger partial charge in [-0.2, -0.15) is 0 Å². The maximum absolute atomic E-state index is 9.99. The van der Waals surface area contributed by atoms with Crippen molar-refractivity contribution in [3.8, 4) is 0 Å². The topological polar surface area (TPSA) is 124 Å². The van der Waals surface area contributed by atoms with Crippen LogP contribution in [0.15, 0.2) is 0 Å². The summed E-state index contributed by atoms with van der Waals surface area (Å²) in [5.74, 6) is -4.70. The van der Waals surface area contributed by atoms with Gasteiger partial charge in [0.15, 0.2) is 0 Å². The fourth-order valence-corrected chi connectivity index (χ4v) is 0.715. The van der Waals surface area contributed by atoms with Crippen LogP contribution < -0.4 is 44.9 Å². The monoisotopic (exact) mass is 274 g/mol. The summed E-state index contributed by atoms with van der Waals surface area (Å²) in [6.45, 7) is -2.37. The van der Waals surface area contributed by atoms with Gasteiger partial charge in [-0.25, -0.2) is 0 Å². The summed E-state index contributed by atoms with van der Waals surface area (Å²) < 4.78 is 0. The molecule has 0 aromatic rings. The Morgan fingerprint density at radius 1 is 0.800 bits per heavy atom. The maximum atomic E-state index is 9.99. The third-order valence-corrected chi connectivity index (χ3v) is 1.06. The predicted molar refractivity (Wildman–Crippen MR) is 31.5 cm³/mol. The Labute approximate surface area is 118 Å². The zero-order valence-corrected chi connectivity index (χ0v) is 10.8. The van der Waals surface area contributed by atoms with Crippen molar-refractivity contribution in [3.05, 3.63) is 0 Å². The summed E-state index contributed by atoms with van der Waals surface area (Å²) in [5.41, 5.74) is 0. The molecule has 0 aliphatic rings. The van der Waals surface area contributed by atoms with E-state index < -0.39 is 37.5 Å². The summed E-state index contributed by atoms with van der Waals surface area (Å²) >= 11 is 0. The first-order valence-electron chi connectivity index (χ1n) is 3.23. The van der Waals surface area contributed by atoms with E-state index in [2.05, 4.69) is 0 Å². The molecule has 0 aliphatic carbocycles. The van der Waals surface area contributed by atoms with Crippen molar-refractivity contribution < 1.29 is 76.3 Å². The average molecular weight is 275 g/mol. The minimum atomic E-state index is -1.57. The van der Waals surface area contributed by atoms with Crippen LogP contribution in [0, 0.1) is 0 Å². The molecule has 0 radical (unpaired) electrons. The summed E-state index contributed by atoms with van der Waals surface area (Å²) in [6.07, 6.45) is 0. The molecule has 0 aromatic carbocycles. The number of hydrogen-bond donors (Lipinski definition) is 0. The molecule has 0 fully saturated rings. The standard InChI is InChI=1S/C6H9NO6.Cu.Na/c8-4(9)1-7(2-5(10)11)3-6(12)13;;/h1-3H2,(H,8,9)(H,10,11)(H,12,13);;/q;2*+1/p-3. The summed E-state index contributed by atoms with van der Waals surface area (Å²) in [5, 5.41) is 30.0. The molecule has 0 aliphatic heterocycles. The SMILES string of the molecule is O=C([O-])CN(CC(=O)[O-])CC(=O)[O-].[Cu+].[Na+]. The van der Waals surface area contributed by atoms with E-state index in [4.69, 9.17) is 0 Å². The van der Waals surface area contributed by atoms with E-state index in [9.17, 15) is 29.7 Å². The molecule has 0 spiro atoms. The van der Waals surface area contributed by atoms with Crippen molar-refractivity contribution in [1.29, 1.82) is 0 Å². The smallest absolute Gasteiger partial charge is 0.549 e. The number of carbonyl (C=O) groups is 3. The molecule has 0 N–H and O–H groups in total. The Morgan fingerprint density at radius 3 is 1.13 bits per heavy atom. The molecule has 0 amide bonds. The van der Waals surface area contributed by atoms with Gasteiger partial charge in [0, 0.05) is 19.6 Å². The number of carboxylic acid groups (broad SMARTS) is 3. The molecular weight excluding hydrogens is 269 g/mol. The molecule has 7 nitrogen and oxygen atoms in total. The number of carboxylic acids is 3. The third kappa shape index (κ3) is 13.9. The number of carbonyl (C=O) groups excluding carboxylic acids is 3. The van der Waals surface area contributed by atoms with E-state index in [0.717, 1.165) is 0 Å². The van der Waals surface area contributed by atoms with Gasteiger partial charge < -0.3 is 29.7 Å². The van der Waals surface area contributed by atoms with E-state index in [1.54, 1.807) is 0 Å².